The summed E-state index contributed by atoms with van der Waals surface area (Å²) in [7, 11) is 0. The van der Waals surface area contributed by atoms with Crippen LogP contribution in [-0.2, 0) is 0 Å². The summed E-state index contributed by atoms with van der Waals surface area (Å²) < 4.78 is 1.85. The van der Waals surface area contributed by atoms with Gasteiger partial charge in [-0.1, -0.05) is 0 Å². The summed E-state index contributed by atoms with van der Waals surface area (Å²) in [4.78, 5) is 11.8. The van der Waals surface area contributed by atoms with Crippen molar-refractivity contribution in [2.45, 2.75) is 45.6 Å². The summed E-state index contributed by atoms with van der Waals surface area (Å²) in [6, 6.07) is 2.32. The van der Waals surface area contributed by atoms with Crippen molar-refractivity contribution in [3.63, 3.8) is 0 Å². The van der Waals surface area contributed by atoms with E-state index < -0.39 is 0 Å². The predicted molar refractivity (Wildman–Crippen MR) is 57.8 cm³/mol. The van der Waals surface area contributed by atoms with Gasteiger partial charge in [-0.3, -0.25) is 4.79 Å². The Morgan fingerprint density at radius 2 is 2.07 bits per heavy atom. The molecular weight excluding hydrogens is 174 g/mol. The summed E-state index contributed by atoms with van der Waals surface area (Å²) in [5.74, 6) is 0.722. The average molecular weight is 191 g/mol. The van der Waals surface area contributed by atoms with E-state index in [1.807, 2.05) is 17.7 Å². The smallest absolute Gasteiger partial charge is 0.253 e. The Balaban J connectivity index is 2.52. The zero-order valence-corrected chi connectivity index (χ0v) is 9.08. The maximum absolute atomic E-state index is 11.8. The van der Waals surface area contributed by atoms with Gasteiger partial charge in [0.2, 0.25) is 0 Å². The molecule has 1 heterocycles. The summed E-state index contributed by atoms with van der Waals surface area (Å²) in [6.07, 6.45) is 4.61. The normalized spacial score (nSPS) is 16.3. The molecule has 0 saturated heterocycles. The van der Waals surface area contributed by atoms with Crippen molar-refractivity contribution in [3.05, 3.63) is 33.7 Å². The maximum atomic E-state index is 11.8. The Bertz CT molecular complexity index is 399. The standard InChI is InChI=1S/C12H17NO/c1-8(2)13-7-11(10-4-5-10)6-9(3)12(13)14/h6-8,10H,4-5H2,1-3H3. The molecule has 0 unspecified atom stereocenters. The summed E-state index contributed by atoms with van der Waals surface area (Å²) in [6.45, 7) is 6.02. The van der Waals surface area contributed by atoms with Crippen LogP contribution in [0.2, 0.25) is 0 Å². The van der Waals surface area contributed by atoms with Crippen LogP contribution in [0.25, 0.3) is 0 Å². The molecule has 2 nitrogen and oxygen atoms in total. The van der Waals surface area contributed by atoms with E-state index in [0.717, 1.165) is 11.5 Å². The van der Waals surface area contributed by atoms with Gasteiger partial charge in [0, 0.05) is 17.8 Å². The highest BCUT2D eigenvalue weighted by Crippen LogP contribution is 2.39. The minimum absolute atomic E-state index is 0.157. The number of nitrogens with zero attached hydrogens (tertiary/aromatic N) is 1. The van der Waals surface area contributed by atoms with Crippen molar-refractivity contribution in [3.8, 4) is 0 Å². The van der Waals surface area contributed by atoms with Crippen LogP contribution in [0.4, 0.5) is 0 Å². The topological polar surface area (TPSA) is 22.0 Å². The minimum Gasteiger partial charge on any atom is -0.313 e. The van der Waals surface area contributed by atoms with Crippen molar-refractivity contribution in [2.75, 3.05) is 0 Å². The molecule has 1 aromatic rings. The number of hydrogen-bond donors (Lipinski definition) is 0. The van der Waals surface area contributed by atoms with Gasteiger partial charge in [0.25, 0.3) is 5.56 Å². The van der Waals surface area contributed by atoms with E-state index in [-0.39, 0.29) is 11.6 Å². The summed E-state index contributed by atoms with van der Waals surface area (Å²) in [5, 5.41) is 0. The third kappa shape index (κ3) is 1.61. The molecule has 0 amide bonds. The minimum atomic E-state index is 0.157. The van der Waals surface area contributed by atoms with Gasteiger partial charge in [-0.25, -0.2) is 0 Å². The summed E-state index contributed by atoms with van der Waals surface area (Å²) >= 11 is 0. The second-order valence-electron chi connectivity index (χ2n) is 4.54. The first-order valence-corrected chi connectivity index (χ1v) is 5.32. The highest BCUT2D eigenvalue weighted by molar-refractivity contribution is 5.25. The molecule has 0 bridgehead atoms. The average Bonchev–Trinajstić information content (AvgIpc) is 2.91. The largest absolute Gasteiger partial charge is 0.313 e. The Morgan fingerprint density at radius 1 is 1.43 bits per heavy atom. The van der Waals surface area contributed by atoms with Gasteiger partial charge in [-0.2, -0.15) is 0 Å². The van der Waals surface area contributed by atoms with Crippen molar-refractivity contribution in [2.24, 2.45) is 0 Å². The van der Waals surface area contributed by atoms with Crippen LogP contribution in [0.1, 0.15) is 49.8 Å². The van der Waals surface area contributed by atoms with E-state index >= 15 is 0 Å². The molecule has 0 radical (unpaired) electrons. The molecular formula is C12H17NO. The third-order valence-electron chi connectivity index (χ3n) is 2.85. The highest BCUT2D eigenvalue weighted by Gasteiger charge is 2.24. The molecule has 76 valence electrons. The van der Waals surface area contributed by atoms with Crippen LogP contribution in [0.15, 0.2) is 17.1 Å². The zero-order valence-electron chi connectivity index (χ0n) is 9.08. The Hall–Kier alpha value is -1.05. The van der Waals surface area contributed by atoms with Crippen molar-refractivity contribution in [1.29, 1.82) is 0 Å². The number of hydrogen-bond acceptors (Lipinski definition) is 1. The van der Waals surface area contributed by atoms with E-state index in [1.54, 1.807) is 0 Å². The molecule has 1 aromatic heterocycles. The molecule has 1 aliphatic carbocycles. The van der Waals surface area contributed by atoms with E-state index in [0.29, 0.717) is 0 Å². The van der Waals surface area contributed by atoms with E-state index in [2.05, 4.69) is 19.9 Å². The number of pyridine rings is 1. The Labute approximate surface area is 84.6 Å². The molecule has 1 fully saturated rings. The second-order valence-corrected chi connectivity index (χ2v) is 4.54. The number of rotatable bonds is 2. The van der Waals surface area contributed by atoms with Crippen LogP contribution in [0, 0.1) is 6.92 Å². The lowest BCUT2D eigenvalue weighted by Crippen LogP contribution is -2.23. The molecule has 14 heavy (non-hydrogen) atoms. The van der Waals surface area contributed by atoms with Crippen LogP contribution in [0.3, 0.4) is 0 Å². The highest BCUT2D eigenvalue weighted by atomic mass is 16.1. The van der Waals surface area contributed by atoms with Gasteiger partial charge >= 0.3 is 0 Å². The zero-order chi connectivity index (χ0) is 10.3. The van der Waals surface area contributed by atoms with Crippen LogP contribution in [0.5, 0.6) is 0 Å². The van der Waals surface area contributed by atoms with E-state index in [4.69, 9.17) is 0 Å². The van der Waals surface area contributed by atoms with E-state index in [1.165, 1.54) is 18.4 Å². The Morgan fingerprint density at radius 3 is 2.57 bits per heavy atom. The summed E-state index contributed by atoms with van der Waals surface area (Å²) in [5.41, 5.74) is 2.38. The molecule has 0 atom stereocenters. The van der Waals surface area contributed by atoms with Crippen LogP contribution < -0.4 is 5.56 Å². The Kier molecular flexibility index (Phi) is 2.22. The van der Waals surface area contributed by atoms with Gasteiger partial charge in [0.05, 0.1) is 0 Å². The van der Waals surface area contributed by atoms with E-state index in [9.17, 15) is 4.79 Å². The van der Waals surface area contributed by atoms with Crippen molar-refractivity contribution in [1.82, 2.24) is 4.57 Å². The van der Waals surface area contributed by atoms with Crippen LogP contribution in [-0.4, -0.2) is 4.57 Å². The number of aromatic nitrogens is 1. The van der Waals surface area contributed by atoms with Crippen LogP contribution >= 0.6 is 0 Å². The first kappa shape index (κ1) is 9.50. The second kappa shape index (κ2) is 3.26. The SMILES string of the molecule is Cc1cc(C2CC2)cn(C(C)C)c1=O. The molecule has 0 aromatic carbocycles. The first-order chi connectivity index (χ1) is 6.59. The monoisotopic (exact) mass is 191 g/mol. The van der Waals surface area contributed by atoms with Gasteiger partial charge in [0.1, 0.15) is 0 Å². The molecule has 2 heteroatoms. The lowest BCUT2D eigenvalue weighted by atomic mass is 10.1. The fraction of sp³-hybridized carbons (Fsp3) is 0.583. The van der Waals surface area contributed by atoms with Gasteiger partial charge < -0.3 is 4.57 Å². The number of aryl methyl sites for hydroxylation is 1. The van der Waals surface area contributed by atoms with Crippen molar-refractivity contribution >= 4 is 0 Å². The maximum Gasteiger partial charge on any atom is 0.253 e. The molecule has 1 saturated carbocycles. The fourth-order valence-electron chi connectivity index (χ4n) is 1.80. The molecule has 1 aliphatic rings. The lowest BCUT2D eigenvalue weighted by molar-refractivity contribution is 0.571. The molecule has 0 aliphatic heterocycles. The first-order valence-electron chi connectivity index (χ1n) is 5.32. The van der Waals surface area contributed by atoms with Gasteiger partial charge in [0.15, 0.2) is 0 Å². The third-order valence-corrected chi connectivity index (χ3v) is 2.85. The fourth-order valence-corrected chi connectivity index (χ4v) is 1.80. The molecule has 2 rings (SSSR count). The predicted octanol–water partition coefficient (Wildman–Crippen LogP) is 2.62. The molecule has 0 N–H and O–H groups in total. The van der Waals surface area contributed by atoms with Crippen molar-refractivity contribution < 1.29 is 0 Å². The lowest BCUT2D eigenvalue weighted by Gasteiger charge is -2.12. The van der Waals surface area contributed by atoms with Gasteiger partial charge in [-0.05, 0) is 51.2 Å². The molecule has 0 spiro atoms. The van der Waals surface area contributed by atoms with Gasteiger partial charge in [-0.15, -0.1) is 0 Å². The quantitative estimate of drug-likeness (QED) is 0.704.